The molecule has 1 aliphatic heterocycles. The highest BCUT2D eigenvalue weighted by atomic mass is 19.4. The molecule has 2 N–H and O–H groups in total. The quantitative estimate of drug-likeness (QED) is 0.779. The normalized spacial score (nSPS) is 17.4. The number of nitrogens with one attached hydrogen (secondary N) is 1. The highest BCUT2D eigenvalue weighted by Gasteiger charge is 2.35. The monoisotopic (exact) mass is 294 g/mol. The molecule has 2 amide bonds. The highest BCUT2D eigenvalue weighted by Crippen LogP contribution is 2.29. The Balaban J connectivity index is 2.36. The zero-order chi connectivity index (χ0) is 15.3. The first-order valence-corrected chi connectivity index (χ1v) is 6.23. The number of carboxylic acids is 1. The number of alkyl halides is 3. The van der Waals surface area contributed by atoms with Gasteiger partial charge in [0.2, 0.25) is 0 Å². The van der Waals surface area contributed by atoms with E-state index in [1.54, 1.807) is 0 Å². The van der Waals surface area contributed by atoms with Crippen molar-refractivity contribution in [2.45, 2.75) is 25.9 Å². The number of hydrogen-bond acceptors (Lipinski definition) is 2. The molecule has 8 heteroatoms. The fraction of sp³-hybridized carbons (Fsp3) is 0.667. The summed E-state index contributed by atoms with van der Waals surface area (Å²) >= 11 is 0. The lowest BCUT2D eigenvalue weighted by molar-refractivity contribution is -0.141. The summed E-state index contributed by atoms with van der Waals surface area (Å²) in [5, 5.41) is 11.2. The van der Waals surface area contributed by atoms with Crippen molar-refractivity contribution >= 4 is 12.0 Å². The fourth-order valence-corrected chi connectivity index (χ4v) is 1.74. The van der Waals surface area contributed by atoms with Crippen molar-refractivity contribution in [1.82, 2.24) is 10.2 Å². The van der Waals surface area contributed by atoms with Gasteiger partial charge in [-0.1, -0.05) is 13.0 Å². The van der Waals surface area contributed by atoms with E-state index in [4.69, 9.17) is 5.11 Å². The van der Waals surface area contributed by atoms with Crippen LogP contribution in [-0.2, 0) is 4.79 Å². The van der Waals surface area contributed by atoms with E-state index in [0.717, 1.165) is 6.08 Å². The number of hydrogen-bond donors (Lipinski definition) is 2. The summed E-state index contributed by atoms with van der Waals surface area (Å²) in [4.78, 5) is 23.5. The molecule has 0 saturated heterocycles. The summed E-state index contributed by atoms with van der Waals surface area (Å²) in [6.07, 6.45) is -3.27. The maximum atomic E-state index is 12.4. The van der Waals surface area contributed by atoms with Crippen molar-refractivity contribution in [3.63, 3.8) is 0 Å². The van der Waals surface area contributed by atoms with E-state index >= 15 is 0 Å². The lowest BCUT2D eigenvalue weighted by atomic mass is 10.1. The lowest BCUT2D eigenvalue weighted by Gasteiger charge is -2.27. The number of nitrogens with zero attached hydrogens (tertiary/aromatic N) is 1. The van der Waals surface area contributed by atoms with Gasteiger partial charge in [0.05, 0.1) is 5.92 Å². The molecule has 20 heavy (non-hydrogen) atoms. The molecule has 0 aromatic carbocycles. The van der Waals surface area contributed by atoms with E-state index in [1.165, 1.54) is 11.8 Å². The second-order valence-electron chi connectivity index (χ2n) is 4.68. The molecular weight excluding hydrogens is 277 g/mol. The Bertz CT molecular complexity index is 407. The largest absolute Gasteiger partial charge is 0.481 e. The molecule has 1 heterocycles. The van der Waals surface area contributed by atoms with Gasteiger partial charge in [0.25, 0.3) is 0 Å². The maximum absolute atomic E-state index is 12.4. The highest BCUT2D eigenvalue weighted by molar-refractivity contribution is 5.74. The number of halogens is 3. The molecule has 1 rings (SSSR count). The van der Waals surface area contributed by atoms with E-state index in [-0.39, 0.29) is 32.5 Å². The molecule has 1 atom stereocenters. The first kappa shape index (κ1) is 16.3. The van der Waals surface area contributed by atoms with Gasteiger partial charge in [0.15, 0.2) is 0 Å². The van der Waals surface area contributed by atoms with Gasteiger partial charge in [-0.05, 0) is 12.8 Å². The fourth-order valence-electron chi connectivity index (χ4n) is 1.74. The second-order valence-corrected chi connectivity index (χ2v) is 4.68. The first-order valence-electron chi connectivity index (χ1n) is 6.23. The summed E-state index contributed by atoms with van der Waals surface area (Å²) in [5.74, 6) is -1.52. The summed E-state index contributed by atoms with van der Waals surface area (Å²) < 4.78 is 37.2. The van der Waals surface area contributed by atoms with Crippen LogP contribution in [0.2, 0.25) is 0 Å². The van der Waals surface area contributed by atoms with Crippen LogP contribution in [0.25, 0.3) is 0 Å². The van der Waals surface area contributed by atoms with E-state index in [1.807, 2.05) is 0 Å². The minimum absolute atomic E-state index is 0.00562. The van der Waals surface area contributed by atoms with Gasteiger partial charge in [-0.15, -0.1) is 0 Å². The van der Waals surface area contributed by atoms with Crippen LogP contribution in [0.4, 0.5) is 18.0 Å². The van der Waals surface area contributed by atoms with E-state index in [0.29, 0.717) is 0 Å². The lowest BCUT2D eigenvalue weighted by Crippen LogP contribution is -2.43. The predicted octanol–water partition coefficient (Wildman–Crippen LogP) is 2.00. The third kappa shape index (κ3) is 4.75. The Morgan fingerprint density at radius 2 is 2.15 bits per heavy atom. The number of aliphatic carboxylic acids is 1. The van der Waals surface area contributed by atoms with Crippen LogP contribution >= 0.6 is 0 Å². The number of urea groups is 1. The number of carbonyl (C=O) groups excluding carboxylic acids is 1. The first-order chi connectivity index (χ1) is 9.21. The average molecular weight is 294 g/mol. The summed E-state index contributed by atoms with van der Waals surface area (Å²) in [6.45, 7) is 1.62. The maximum Gasteiger partial charge on any atom is 0.412 e. The third-order valence-electron chi connectivity index (χ3n) is 3.14. The smallest absolute Gasteiger partial charge is 0.412 e. The predicted molar refractivity (Wildman–Crippen MR) is 65.1 cm³/mol. The Kier molecular flexibility index (Phi) is 5.41. The van der Waals surface area contributed by atoms with Gasteiger partial charge in [0.1, 0.15) is 0 Å². The summed E-state index contributed by atoms with van der Waals surface area (Å²) in [5.41, 5.74) is -0.610. The molecule has 0 fully saturated rings. The van der Waals surface area contributed by atoms with Crippen molar-refractivity contribution in [1.29, 1.82) is 0 Å². The molecule has 5 nitrogen and oxygen atoms in total. The number of amides is 2. The zero-order valence-corrected chi connectivity index (χ0v) is 11.0. The summed E-state index contributed by atoms with van der Waals surface area (Å²) in [6, 6.07) is -0.472. The van der Waals surface area contributed by atoms with Crippen LogP contribution in [0.5, 0.6) is 0 Å². The van der Waals surface area contributed by atoms with E-state index < -0.39 is 29.7 Å². The Hall–Kier alpha value is -1.73. The Labute approximate surface area is 114 Å². The van der Waals surface area contributed by atoms with E-state index in [2.05, 4.69) is 5.32 Å². The zero-order valence-electron chi connectivity index (χ0n) is 11.0. The standard InChI is InChI=1S/C12H17F3N2O3/c1-8(10(18)19)2-5-16-11(20)17-6-3-9(4-7-17)12(13,14)15/h3,8H,2,4-7H2,1H3,(H,16,20)(H,18,19). The van der Waals surface area contributed by atoms with Crippen LogP contribution in [0.1, 0.15) is 19.8 Å². The van der Waals surface area contributed by atoms with Gasteiger partial charge in [-0.25, -0.2) is 4.79 Å². The molecule has 0 spiro atoms. The second kappa shape index (κ2) is 6.62. The minimum atomic E-state index is -4.33. The van der Waals surface area contributed by atoms with E-state index in [9.17, 15) is 22.8 Å². The Morgan fingerprint density at radius 3 is 2.60 bits per heavy atom. The number of rotatable bonds is 4. The molecule has 0 aromatic heterocycles. The molecule has 0 aromatic rings. The van der Waals surface area contributed by atoms with Crippen molar-refractivity contribution in [3.05, 3.63) is 11.6 Å². The SMILES string of the molecule is CC(CCNC(=O)N1CC=C(C(F)(F)F)CC1)C(=O)O. The van der Waals surface area contributed by atoms with Crippen molar-refractivity contribution in [3.8, 4) is 0 Å². The molecule has 1 unspecified atom stereocenters. The Morgan fingerprint density at radius 1 is 1.50 bits per heavy atom. The van der Waals surface area contributed by atoms with Gasteiger partial charge < -0.3 is 15.3 Å². The van der Waals surface area contributed by atoms with Gasteiger partial charge in [-0.3, -0.25) is 4.79 Å². The molecule has 1 aliphatic rings. The number of carbonyl (C=O) groups is 2. The van der Waals surface area contributed by atoms with Gasteiger partial charge >= 0.3 is 18.2 Å². The third-order valence-corrected chi connectivity index (χ3v) is 3.14. The topological polar surface area (TPSA) is 69.6 Å². The van der Waals surface area contributed by atoms with Gasteiger partial charge in [0, 0.05) is 25.2 Å². The molecule has 114 valence electrons. The average Bonchev–Trinajstić information content (AvgIpc) is 2.37. The molecule has 0 saturated carbocycles. The van der Waals surface area contributed by atoms with Crippen LogP contribution < -0.4 is 5.32 Å². The van der Waals surface area contributed by atoms with Crippen LogP contribution in [0.3, 0.4) is 0 Å². The molecule has 0 aliphatic carbocycles. The van der Waals surface area contributed by atoms with Crippen LogP contribution in [-0.4, -0.2) is 47.8 Å². The van der Waals surface area contributed by atoms with Gasteiger partial charge in [-0.2, -0.15) is 13.2 Å². The molecular formula is C12H17F3N2O3. The summed E-state index contributed by atoms with van der Waals surface area (Å²) in [7, 11) is 0. The van der Waals surface area contributed by atoms with Crippen molar-refractivity contribution < 1.29 is 27.9 Å². The molecule has 0 radical (unpaired) electrons. The van der Waals surface area contributed by atoms with Crippen molar-refractivity contribution in [2.24, 2.45) is 5.92 Å². The van der Waals surface area contributed by atoms with Crippen LogP contribution in [0, 0.1) is 5.92 Å². The number of carboxylic acid groups (broad SMARTS) is 1. The van der Waals surface area contributed by atoms with Crippen LogP contribution in [0.15, 0.2) is 11.6 Å². The van der Waals surface area contributed by atoms with Crippen molar-refractivity contribution in [2.75, 3.05) is 19.6 Å². The minimum Gasteiger partial charge on any atom is -0.481 e. The molecule has 0 bridgehead atoms.